The van der Waals surface area contributed by atoms with E-state index in [4.69, 9.17) is 10.5 Å². The van der Waals surface area contributed by atoms with Crippen LogP contribution in [0.3, 0.4) is 0 Å². The van der Waals surface area contributed by atoms with Crippen molar-refractivity contribution < 1.29 is 4.74 Å². The van der Waals surface area contributed by atoms with Crippen LogP contribution in [0.4, 0.5) is 11.4 Å². The predicted molar refractivity (Wildman–Crippen MR) is 88.0 cm³/mol. The molecular formula is C17H27N3O. The summed E-state index contributed by atoms with van der Waals surface area (Å²) < 4.78 is 5.77. The van der Waals surface area contributed by atoms with Gasteiger partial charge in [0.25, 0.3) is 0 Å². The molecule has 0 saturated carbocycles. The highest BCUT2D eigenvalue weighted by Crippen LogP contribution is 2.32. The number of ether oxygens (including phenoxy) is 1. The monoisotopic (exact) mass is 289 g/mol. The molecule has 2 aliphatic heterocycles. The summed E-state index contributed by atoms with van der Waals surface area (Å²) in [6, 6.07) is 7.39. The highest BCUT2D eigenvalue weighted by molar-refractivity contribution is 5.61. The van der Waals surface area contributed by atoms with Crippen molar-refractivity contribution in [3.8, 4) is 5.75 Å². The van der Waals surface area contributed by atoms with Crippen molar-refractivity contribution in [3.05, 3.63) is 18.2 Å². The Morgan fingerprint density at radius 2 is 2.14 bits per heavy atom. The number of anilines is 2. The number of benzene rings is 1. The highest BCUT2D eigenvalue weighted by Gasteiger charge is 2.34. The maximum atomic E-state index is 6.07. The minimum Gasteiger partial charge on any atom is -0.493 e. The van der Waals surface area contributed by atoms with E-state index in [1.165, 1.54) is 25.1 Å². The van der Waals surface area contributed by atoms with Crippen molar-refractivity contribution in [1.82, 2.24) is 4.90 Å². The molecule has 2 N–H and O–H groups in total. The Hall–Kier alpha value is -1.42. The molecule has 2 unspecified atom stereocenters. The normalized spacial score (nSPS) is 25.9. The zero-order chi connectivity index (χ0) is 14.8. The first-order valence-corrected chi connectivity index (χ1v) is 8.21. The third-order valence-corrected chi connectivity index (χ3v) is 4.66. The molecule has 2 heterocycles. The molecule has 0 radical (unpaired) electrons. The van der Waals surface area contributed by atoms with Crippen LogP contribution in [0.1, 0.15) is 33.1 Å². The van der Waals surface area contributed by atoms with E-state index < -0.39 is 0 Å². The summed E-state index contributed by atoms with van der Waals surface area (Å²) in [4.78, 5) is 5.14. The second-order valence-electron chi connectivity index (χ2n) is 6.40. The molecular weight excluding hydrogens is 262 g/mol. The first-order chi connectivity index (χ1) is 10.2. The largest absolute Gasteiger partial charge is 0.493 e. The van der Waals surface area contributed by atoms with Gasteiger partial charge in [0.2, 0.25) is 0 Å². The van der Waals surface area contributed by atoms with Crippen molar-refractivity contribution in [1.29, 1.82) is 0 Å². The number of nitrogens with zero attached hydrogens (tertiary/aromatic N) is 2. The lowest BCUT2D eigenvalue weighted by molar-refractivity contribution is 0.203. The highest BCUT2D eigenvalue weighted by atomic mass is 16.5. The fourth-order valence-corrected chi connectivity index (χ4v) is 3.62. The van der Waals surface area contributed by atoms with Crippen molar-refractivity contribution in [2.45, 2.75) is 45.2 Å². The lowest BCUT2D eigenvalue weighted by atomic mass is 10.1. The van der Waals surface area contributed by atoms with Gasteiger partial charge >= 0.3 is 0 Å². The van der Waals surface area contributed by atoms with Gasteiger partial charge in [-0.3, -0.25) is 4.90 Å². The van der Waals surface area contributed by atoms with Crippen LogP contribution in [-0.2, 0) is 0 Å². The van der Waals surface area contributed by atoms with Gasteiger partial charge in [-0.25, -0.2) is 0 Å². The second-order valence-corrected chi connectivity index (χ2v) is 6.40. The topological polar surface area (TPSA) is 41.7 Å². The molecule has 4 nitrogen and oxygen atoms in total. The lowest BCUT2D eigenvalue weighted by Gasteiger charge is -2.43. The van der Waals surface area contributed by atoms with Crippen LogP contribution in [0.25, 0.3) is 0 Å². The lowest BCUT2D eigenvalue weighted by Crippen LogP contribution is -2.55. The van der Waals surface area contributed by atoms with Crippen LogP contribution in [0, 0.1) is 0 Å². The van der Waals surface area contributed by atoms with Crippen LogP contribution in [-0.4, -0.2) is 43.2 Å². The quantitative estimate of drug-likeness (QED) is 0.865. The third kappa shape index (κ3) is 3.10. The molecule has 2 saturated heterocycles. The minimum absolute atomic E-state index is 0.528. The van der Waals surface area contributed by atoms with Crippen molar-refractivity contribution in [2.75, 3.05) is 36.9 Å². The van der Waals surface area contributed by atoms with Crippen molar-refractivity contribution >= 4 is 11.4 Å². The zero-order valence-corrected chi connectivity index (χ0v) is 13.2. The van der Waals surface area contributed by atoms with E-state index >= 15 is 0 Å². The number of hydrogen-bond donors (Lipinski definition) is 1. The van der Waals surface area contributed by atoms with Gasteiger partial charge in [0, 0.05) is 48.7 Å². The van der Waals surface area contributed by atoms with Crippen LogP contribution >= 0.6 is 0 Å². The summed E-state index contributed by atoms with van der Waals surface area (Å²) in [7, 11) is 0. The first kappa shape index (κ1) is 14.5. The summed E-state index contributed by atoms with van der Waals surface area (Å²) in [6.45, 7) is 8.71. The van der Waals surface area contributed by atoms with Crippen molar-refractivity contribution in [3.63, 3.8) is 0 Å². The number of rotatable bonds is 4. The SMILES string of the molecule is CCCOc1cc(N)cc(N2CC3CCCN3CC2C)c1. The average Bonchev–Trinajstić information content (AvgIpc) is 2.90. The Balaban J connectivity index is 1.80. The molecule has 0 spiro atoms. The molecule has 4 heteroatoms. The molecule has 116 valence electrons. The van der Waals surface area contributed by atoms with Gasteiger partial charge in [-0.05, 0) is 38.8 Å². The van der Waals surface area contributed by atoms with E-state index in [0.29, 0.717) is 12.1 Å². The Morgan fingerprint density at radius 3 is 2.95 bits per heavy atom. The van der Waals surface area contributed by atoms with Crippen LogP contribution < -0.4 is 15.4 Å². The van der Waals surface area contributed by atoms with E-state index in [-0.39, 0.29) is 0 Å². The molecule has 3 rings (SSSR count). The molecule has 2 fully saturated rings. The smallest absolute Gasteiger partial charge is 0.123 e. The van der Waals surface area contributed by atoms with E-state index in [1.807, 2.05) is 6.07 Å². The molecule has 0 aliphatic carbocycles. The van der Waals surface area contributed by atoms with Crippen LogP contribution in [0.2, 0.25) is 0 Å². The minimum atomic E-state index is 0.528. The number of nitrogen functional groups attached to an aromatic ring is 1. The number of fused-ring (bicyclic) bond motifs is 1. The van der Waals surface area contributed by atoms with Gasteiger partial charge in [0.1, 0.15) is 5.75 Å². The summed E-state index contributed by atoms with van der Waals surface area (Å²) in [6.07, 6.45) is 3.68. The fraction of sp³-hybridized carbons (Fsp3) is 0.647. The maximum absolute atomic E-state index is 6.07. The Bertz CT molecular complexity index is 491. The average molecular weight is 289 g/mol. The molecule has 0 amide bonds. The predicted octanol–water partition coefficient (Wildman–Crippen LogP) is 2.73. The standard InChI is InChI=1S/C17H27N3O/c1-3-7-21-17-9-14(18)8-16(10-17)20-12-15-5-4-6-19(15)11-13(20)2/h8-10,13,15H,3-7,11-12,18H2,1-2H3. The van der Waals surface area contributed by atoms with Gasteiger partial charge in [-0.2, -0.15) is 0 Å². The van der Waals surface area contributed by atoms with E-state index in [1.54, 1.807) is 0 Å². The molecule has 1 aromatic rings. The Kier molecular flexibility index (Phi) is 4.24. The van der Waals surface area contributed by atoms with Gasteiger partial charge in [0.05, 0.1) is 6.61 Å². The molecule has 0 aromatic heterocycles. The number of piperazine rings is 1. The summed E-state index contributed by atoms with van der Waals surface area (Å²) in [5.41, 5.74) is 8.07. The van der Waals surface area contributed by atoms with E-state index in [2.05, 4.69) is 35.8 Å². The maximum Gasteiger partial charge on any atom is 0.123 e. The third-order valence-electron chi connectivity index (χ3n) is 4.66. The summed E-state index contributed by atoms with van der Waals surface area (Å²) in [5.74, 6) is 0.896. The second kappa shape index (κ2) is 6.14. The Morgan fingerprint density at radius 1 is 1.29 bits per heavy atom. The molecule has 1 aromatic carbocycles. The van der Waals surface area contributed by atoms with Crippen LogP contribution in [0.5, 0.6) is 5.75 Å². The van der Waals surface area contributed by atoms with Gasteiger partial charge in [-0.1, -0.05) is 6.92 Å². The van der Waals surface area contributed by atoms with Crippen molar-refractivity contribution in [2.24, 2.45) is 0 Å². The van der Waals surface area contributed by atoms with Gasteiger partial charge in [0.15, 0.2) is 0 Å². The van der Waals surface area contributed by atoms with Crippen LogP contribution in [0.15, 0.2) is 18.2 Å². The first-order valence-electron chi connectivity index (χ1n) is 8.21. The number of nitrogens with two attached hydrogens (primary N) is 1. The molecule has 0 bridgehead atoms. The summed E-state index contributed by atoms with van der Waals surface area (Å²) in [5, 5.41) is 0. The Labute approximate surface area is 127 Å². The van der Waals surface area contributed by atoms with Gasteiger partial charge < -0.3 is 15.4 Å². The fourth-order valence-electron chi connectivity index (χ4n) is 3.62. The van der Waals surface area contributed by atoms with Gasteiger partial charge in [-0.15, -0.1) is 0 Å². The zero-order valence-electron chi connectivity index (χ0n) is 13.2. The van der Waals surface area contributed by atoms with E-state index in [0.717, 1.165) is 37.6 Å². The molecule has 2 aliphatic rings. The number of hydrogen-bond acceptors (Lipinski definition) is 4. The van der Waals surface area contributed by atoms with E-state index in [9.17, 15) is 0 Å². The molecule has 21 heavy (non-hydrogen) atoms. The summed E-state index contributed by atoms with van der Waals surface area (Å²) >= 11 is 0. The molecule has 2 atom stereocenters.